The van der Waals surface area contributed by atoms with Crippen molar-refractivity contribution in [1.82, 2.24) is 14.6 Å². The van der Waals surface area contributed by atoms with E-state index in [2.05, 4.69) is 10.2 Å². The molecule has 0 bridgehead atoms. The van der Waals surface area contributed by atoms with E-state index >= 15 is 0 Å². The molecule has 1 aromatic carbocycles. The van der Waals surface area contributed by atoms with E-state index in [1.807, 2.05) is 24.3 Å². The summed E-state index contributed by atoms with van der Waals surface area (Å²) in [5.74, 6) is 0. The zero-order valence-corrected chi connectivity index (χ0v) is 12.0. The second kappa shape index (κ2) is 4.39. The lowest BCUT2D eigenvalue weighted by Crippen LogP contribution is -2.12. The van der Waals surface area contributed by atoms with Gasteiger partial charge in [0.2, 0.25) is 0 Å². The minimum Gasteiger partial charge on any atom is -0.288 e. The van der Waals surface area contributed by atoms with Gasteiger partial charge < -0.3 is 0 Å². The fraction of sp³-hybridized carbons (Fsp3) is 0.200. The van der Waals surface area contributed by atoms with Crippen molar-refractivity contribution in [2.24, 2.45) is 0 Å². The molecule has 0 spiro atoms. The van der Waals surface area contributed by atoms with Gasteiger partial charge in [0.25, 0.3) is 0 Å². The molecule has 5 nitrogen and oxygen atoms in total. The first-order valence-electron chi connectivity index (χ1n) is 6.78. The first-order valence-corrected chi connectivity index (χ1v) is 8.32. The van der Waals surface area contributed by atoms with Crippen molar-refractivity contribution in [3.8, 4) is 0 Å². The molecule has 3 aromatic rings. The van der Waals surface area contributed by atoms with Crippen molar-refractivity contribution in [3.05, 3.63) is 60.0 Å². The average Bonchev–Trinajstić information content (AvgIpc) is 3.13. The van der Waals surface area contributed by atoms with Gasteiger partial charge in [0.15, 0.2) is 15.5 Å². The van der Waals surface area contributed by atoms with Crippen molar-refractivity contribution in [2.45, 2.75) is 23.0 Å². The fourth-order valence-electron chi connectivity index (χ4n) is 3.04. The number of fused-ring (bicyclic) bond motifs is 2. The molecule has 0 fully saturated rings. The van der Waals surface area contributed by atoms with Gasteiger partial charge in [0.1, 0.15) is 11.2 Å². The number of hydrogen-bond donors (Lipinski definition) is 0. The molecular weight excluding hydrogens is 286 g/mol. The Hall–Kier alpha value is -2.21. The Morgan fingerprint density at radius 3 is 2.90 bits per heavy atom. The standard InChI is InChI=1S/C15H13N3O2S/c19-21(20,13-8-7-11-4-1-2-5-12(11)13)14-6-3-9-18-10-16-17-15(14)18/h1-6,9-10,13H,7-8H2. The highest BCUT2D eigenvalue weighted by Crippen LogP contribution is 2.40. The Labute approximate surface area is 122 Å². The molecule has 0 aliphatic heterocycles. The summed E-state index contributed by atoms with van der Waals surface area (Å²) in [6, 6.07) is 11.1. The summed E-state index contributed by atoms with van der Waals surface area (Å²) in [7, 11) is -3.47. The topological polar surface area (TPSA) is 64.3 Å². The van der Waals surface area contributed by atoms with Crippen LogP contribution < -0.4 is 0 Å². The molecule has 1 aliphatic carbocycles. The van der Waals surface area contributed by atoms with E-state index in [9.17, 15) is 8.42 Å². The van der Waals surface area contributed by atoms with Crippen LogP contribution in [0.2, 0.25) is 0 Å². The van der Waals surface area contributed by atoms with E-state index in [-0.39, 0.29) is 4.90 Å². The number of aryl methyl sites for hydroxylation is 1. The van der Waals surface area contributed by atoms with Gasteiger partial charge in [-0.2, -0.15) is 0 Å². The molecule has 4 rings (SSSR count). The lowest BCUT2D eigenvalue weighted by atomic mass is 10.1. The molecule has 0 saturated carbocycles. The molecule has 6 heteroatoms. The fourth-order valence-corrected chi connectivity index (χ4v) is 5.01. The number of pyridine rings is 1. The van der Waals surface area contributed by atoms with Crippen LogP contribution in [0.1, 0.15) is 22.8 Å². The van der Waals surface area contributed by atoms with Gasteiger partial charge >= 0.3 is 0 Å². The van der Waals surface area contributed by atoms with Crippen LogP contribution in [0.3, 0.4) is 0 Å². The van der Waals surface area contributed by atoms with Gasteiger partial charge in [0.05, 0.1) is 5.25 Å². The maximum absolute atomic E-state index is 13.0. The van der Waals surface area contributed by atoms with Gasteiger partial charge in [-0.25, -0.2) is 8.42 Å². The molecule has 1 aliphatic rings. The molecule has 0 saturated heterocycles. The predicted octanol–water partition coefficient (Wildman–Crippen LogP) is 2.19. The molecule has 21 heavy (non-hydrogen) atoms. The Morgan fingerprint density at radius 2 is 2.00 bits per heavy atom. The smallest absolute Gasteiger partial charge is 0.189 e. The number of nitrogens with zero attached hydrogens (tertiary/aromatic N) is 3. The third kappa shape index (κ3) is 1.79. The van der Waals surface area contributed by atoms with Gasteiger partial charge in [-0.05, 0) is 36.1 Å². The zero-order chi connectivity index (χ0) is 14.4. The molecular formula is C15H13N3O2S. The van der Waals surface area contributed by atoms with Crippen LogP contribution in [0.25, 0.3) is 5.65 Å². The second-order valence-electron chi connectivity index (χ2n) is 5.21. The summed E-state index contributed by atoms with van der Waals surface area (Å²) in [5, 5.41) is 7.25. The van der Waals surface area contributed by atoms with E-state index in [1.165, 1.54) is 6.33 Å². The van der Waals surface area contributed by atoms with Crippen LogP contribution in [-0.2, 0) is 16.3 Å². The largest absolute Gasteiger partial charge is 0.288 e. The molecule has 0 radical (unpaired) electrons. The summed E-state index contributed by atoms with van der Waals surface area (Å²) < 4.78 is 27.7. The summed E-state index contributed by atoms with van der Waals surface area (Å²) >= 11 is 0. The maximum atomic E-state index is 13.0. The third-order valence-electron chi connectivity index (χ3n) is 4.05. The van der Waals surface area contributed by atoms with Crippen molar-refractivity contribution in [2.75, 3.05) is 0 Å². The van der Waals surface area contributed by atoms with Crippen LogP contribution in [0.4, 0.5) is 0 Å². The van der Waals surface area contributed by atoms with Crippen molar-refractivity contribution < 1.29 is 8.42 Å². The van der Waals surface area contributed by atoms with Crippen molar-refractivity contribution in [3.63, 3.8) is 0 Å². The summed E-state index contributed by atoms with van der Waals surface area (Å²) in [4.78, 5) is 0.254. The van der Waals surface area contributed by atoms with E-state index in [1.54, 1.807) is 22.7 Å². The lowest BCUT2D eigenvalue weighted by Gasteiger charge is -2.13. The quantitative estimate of drug-likeness (QED) is 0.727. The van der Waals surface area contributed by atoms with E-state index in [0.717, 1.165) is 17.5 Å². The van der Waals surface area contributed by atoms with Crippen LogP contribution in [0.5, 0.6) is 0 Å². The summed E-state index contributed by atoms with van der Waals surface area (Å²) in [5.41, 5.74) is 2.43. The summed E-state index contributed by atoms with van der Waals surface area (Å²) in [6.45, 7) is 0. The summed E-state index contributed by atoms with van der Waals surface area (Å²) in [6.07, 6.45) is 4.68. The highest BCUT2D eigenvalue weighted by atomic mass is 32.2. The SMILES string of the molecule is O=S(=O)(c1cccn2cnnc12)C1CCc2ccccc21. The number of benzene rings is 1. The molecule has 2 aromatic heterocycles. The monoisotopic (exact) mass is 299 g/mol. The predicted molar refractivity (Wildman–Crippen MR) is 77.7 cm³/mol. The Bertz CT molecular complexity index is 931. The van der Waals surface area contributed by atoms with Crippen LogP contribution in [0, 0.1) is 0 Å². The first-order chi connectivity index (χ1) is 10.2. The first kappa shape index (κ1) is 12.5. The number of rotatable bonds is 2. The zero-order valence-electron chi connectivity index (χ0n) is 11.2. The van der Waals surface area contributed by atoms with Gasteiger partial charge in [-0.3, -0.25) is 4.40 Å². The number of sulfone groups is 1. The molecule has 1 unspecified atom stereocenters. The van der Waals surface area contributed by atoms with E-state index < -0.39 is 15.1 Å². The highest BCUT2D eigenvalue weighted by molar-refractivity contribution is 7.91. The van der Waals surface area contributed by atoms with Gasteiger partial charge in [-0.1, -0.05) is 24.3 Å². The van der Waals surface area contributed by atoms with Gasteiger partial charge in [-0.15, -0.1) is 10.2 Å². The number of hydrogen-bond acceptors (Lipinski definition) is 4. The normalized spacial score (nSPS) is 18.0. The minimum atomic E-state index is -3.47. The Balaban J connectivity index is 1.91. The molecule has 0 N–H and O–H groups in total. The maximum Gasteiger partial charge on any atom is 0.189 e. The number of aromatic nitrogens is 3. The molecule has 2 heterocycles. The Morgan fingerprint density at radius 1 is 1.14 bits per heavy atom. The Kier molecular flexibility index (Phi) is 2.62. The van der Waals surface area contributed by atoms with Crippen LogP contribution in [-0.4, -0.2) is 23.0 Å². The third-order valence-corrected chi connectivity index (χ3v) is 6.22. The highest BCUT2D eigenvalue weighted by Gasteiger charge is 2.35. The van der Waals surface area contributed by atoms with Crippen LogP contribution in [0.15, 0.2) is 53.8 Å². The minimum absolute atomic E-state index is 0.254. The molecule has 1 atom stereocenters. The lowest BCUT2D eigenvalue weighted by molar-refractivity contribution is 0.581. The van der Waals surface area contributed by atoms with E-state index in [4.69, 9.17) is 0 Å². The van der Waals surface area contributed by atoms with Crippen LogP contribution >= 0.6 is 0 Å². The van der Waals surface area contributed by atoms with Crippen molar-refractivity contribution >= 4 is 15.5 Å². The molecule has 0 amide bonds. The van der Waals surface area contributed by atoms with Crippen molar-refractivity contribution in [1.29, 1.82) is 0 Å². The average molecular weight is 299 g/mol. The second-order valence-corrected chi connectivity index (χ2v) is 7.30. The molecule has 106 valence electrons. The van der Waals surface area contributed by atoms with E-state index in [0.29, 0.717) is 12.1 Å². The van der Waals surface area contributed by atoms with Gasteiger partial charge in [0, 0.05) is 6.20 Å².